The number of hydrogen-bond donors (Lipinski definition) is 1. The van der Waals surface area contributed by atoms with E-state index in [1.54, 1.807) is 0 Å². The van der Waals surface area contributed by atoms with Crippen LogP contribution in [0.3, 0.4) is 0 Å². The van der Waals surface area contributed by atoms with Gasteiger partial charge < -0.3 is 14.7 Å². The van der Waals surface area contributed by atoms with Crippen molar-refractivity contribution in [1.29, 1.82) is 0 Å². The SMILES string of the molecule is CC(C)c1cc([C@H]2CCCN2C(=O)Nc2ccccc2C(F)(F)F)on1. The molecule has 0 bridgehead atoms. The average Bonchev–Trinajstić information content (AvgIpc) is 3.23. The van der Waals surface area contributed by atoms with Gasteiger partial charge in [-0.05, 0) is 30.9 Å². The van der Waals surface area contributed by atoms with E-state index in [-0.39, 0.29) is 17.6 Å². The van der Waals surface area contributed by atoms with Crippen LogP contribution in [0.25, 0.3) is 0 Å². The van der Waals surface area contributed by atoms with Crippen LogP contribution in [0.1, 0.15) is 55.7 Å². The second-order valence-electron chi connectivity index (χ2n) is 6.63. The van der Waals surface area contributed by atoms with Crippen LogP contribution in [0.15, 0.2) is 34.9 Å². The summed E-state index contributed by atoms with van der Waals surface area (Å²) in [6, 6.07) is 5.85. The first-order valence-corrected chi connectivity index (χ1v) is 8.47. The highest BCUT2D eigenvalue weighted by Crippen LogP contribution is 2.36. The fourth-order valence-electron chi connectivity index (χ4n) is 3.06. The first kappa shape index (κ1) is 18.3. The Balaban J connectivity index is 1.79. The maximum absolute atomic E-state index is 13.1. The van der Waals surface area contributed by atoms with E-state index in [4.69, 9.17) is 4.52 Å². The molecule has 0 unspecified atom stereocenters. The lowest BCUT2D eigenvalue weighted by atomic mass is 10.1. The predicted octanol–water partition coefficient (Wildman–Crippen LogP) is 5.19. The number of carbonyl (C=O) groups is 1. The number of alkyl halides is 3. The van der Waals surface area contributed by atoms with Gasteiger partial charge in [-0.25, -0.2) is 4.79 Å². The monoisotopic (exact) mass is 367 g/mol. The summed E-state index contributed by atoms with van der Waals surface area (Å²) >= 11 is 0. The summed E-state index contributed by atoms with van der Waals surface area (Å²) in [6.07, 6.45) is -3.11. The summed E-state index contributed by atoms with van der Waals surface area (Å²) in [5, 5.41) is 6.40. The van der Waals surface area contributed by atoms with E-state index < -0.39 is 17.8 Å². The molecule has 26 heavy (non-hydrogen) atoms. The molecule has 1 N–H and O–H groups in total. The van der Waals surface area contributed by atoms with Crippen molar-refractivity contribution in [3.63, 3.8) is 0 Å². The second kappa shape index (κ2) is 7.01. The molecule has 2 aromatic rings. The van der Waals surface area contributed by atoms with Crippen molar-refractivity contribution in [3.05, 3.63) is 47.3 Å². The van der Waals surface area contributed by atoms with E-state index in [0.717, 1.165) is 18.2 Å². The molecule has 1 atom stereocenters. The molecular weight excluding hydrogens is 347 g/mol. The third-order valence-corrected chi connectivity index (χ3v) is 4.45. The van der Waals surface area contributed by atoms with Gasteiger partial charge in [-0.2, -0.15) is 13.2 Å². The summed E-state index contributed by atoms with van der Waals surface area (Å²) in [4.78, 5) is 14.1. The zero-order valence-corrected chi connectivity index (χ0v) is 14.5. The first-order valence-electron chi connectivity index (χ1n) is 8.47. The number of hydrogen-bond acceptors (Lipinski definition) is 3. The normalized spacial score (nSPS) is 17.8. The lowest BCUT2D eigenvalue weighted by molar-refractivity contribution is -0.136. The average molecular weight is 367 g/mol. The number of aromatic nitrogens is 1. The van der Waals surface area contributed by atoms with Crippen LogP contribution < -0.4 is 5.32 Å². The van der Waals surface area contributed by atoms with Crippen LogP contribution in [0.4, 0.5) is 23.7 Å². The Bertz CT molecular complexity index is 786. The number of rotatable bonds is 3. The molecule has 0 radical (unpaired) electrons. The molecule has 0 aliphatic carbocycles. The minimum Gasteiger partial charge on any atom is -0.359 e. The largest absolute Gasteiger partial charge is 0.418 e. The summed E-state index contributed by atoms with van der Waals surface area (Å²) in [5.74, 6) is 0.750. The van der Waals surface area contributed by atoms with Crippen LogP contribution in [0.2, 0.25) is 0 Å². The van der Waals surface area contributed by atoms with Crippen molar-refractivity contribution in [3.8, 4) is 0 Å². The Morgan fingerprint density at radius 1 is 1.35 bits per heavy atom. The quantitative estimate of drug-likeness (QED) is 0.813. The van der Waals surface area contributed by atoms with Gasteiger partial charge in [0.1, 0.15) is 0 Å². The van der Waals surface area contributed by atoms with E-state index in [1.807, 2.05) is 19.9 Å². The van der Waals surface area contributed by atoms with Gasteiger partial charge in [0.05, 0.1) is 23.0 Å². The summed E-state index contributed by atoms with van der Waals surface area (Å²) in [5.41, 5.74) is -0.336. The van der Waals surface area contributed by atoms with E-state index in [1.165, 1.54) is 23.1 Å². The molecule has 2 heterocycles. The number of carbonyl (C=O) groups excluding carboxylic acids is 1. The number of halogens is 3. The Labute approximate surface area is 149 Å². The van der Waals surface area contributed by atoms with Gasteiger partial charge in [0.15, 0.2) is 5.76 Å². The van der Waals surface area contributed by atoms with Crippen molar-refractivity contribution in [2.75, 3.05) is 11.9 Å². The van der Waals surface area contributed by atoms with Crippen molar-refractivity contribution in [1.82, 2.24) is 10.1 Å². The van der Waals surface area contributed by atoms with E-state index in [2.05, 4.69) is 10.5 Å². The van der Waals surface area contributed by atoms with Crippen LogP contribution >= 0.6 is 0 Å². The van der Waals surface area contributed by atoms with Crippen LogP contribution in [0.5, 0.6) is 0 Å². The fourth-order valence-corrected chi connectivity index (χ4v) is 3.06. The lowest BCUT2D eigenvalue weighted by Gasteiger charge is -2.24. The van der Waals surface area contributed by atoms with Crippen molar-refractivity contribution >= 4 is 11.7 Å². The van der Waals surface area contributed by atoms with Crippen LogP contribution in [-0.2, 0) is 6.18 Å². The van der Waals surface area contributed by atoms with Gasteiger partial charge in [0.25, 0.3) is 0 Å². The van der Waals surface area contributed by atoms with Crippen LogP contribution in [-0.4, -0.2) is 22.6 Å². The fraction of sp³-hybridized carbons (Fsp3) is 0.444. The zero-order valence-electron chi connectivity index (χ0n) is 14.5. The van der Waals surface area contributed by atoms with Gasteiger partial charge >= 0.3 is 12.2 Å². The first-order chi connectivity index (χ1) is 12.3. The minimum atomic E-state index is -4.54. The molecule has 8 heteroatoms. The van der Waals surface area contributed by atoms with Crippen LogP contribution in [0, 0.1) is 0 Å². The third kappa shape index (κ3) is 3.68. The minimum absolute atomic E-state index is 0.190. The highest BCUT2D eigenvalue weighted by atomic mass is 19.4. The van der Waals surface area contributed by atoms with E-state index in [9.17, 15) is 18.0 Å². The van der Waals surface area contributed by atoms with Crippen molar-refractivity contribution in [2.45, 2.75) is 44.8 Å². The Kier molecular flexibility index (Phi) is 4.93. The molecule has 1 fully saturated rings. The molecule has 0 saturated carbocycles. The molecule has 1 aliphatic heterocycles. The molecule has 2 amide bonds. The standard InChI is InChI=1S/C18H20F3N3O2/c1-11(2)14-10-16(26-23-14)15-8-5-9-24(15)17(25)22-13-7-4-3-6-12(13)18(19,20)21/h3-4,6-7,10-11,15H,5,8-9H2,1-2H3,(H,22,25)/t15-/m1/s1. The summed E-state index contributed by atoms with van der Waals surface area (Å²) in [7, 11) is 0. The number of nitrogens with one attached hydrogen (secondary N) is 1. The molecule has 1 aromatic heterocycles. The highest BCUT2D eigenvalue weighted by molar-refractivity contribution is 5.90. The Morgan fingerprint density at radius 3 is 2.73 bits per heavy atom. The number of amides is 2. The zero-order chi connectivity index (χ0) is 18.9. The van der Waals surface area contributed by atoms with Gasteiger partial charge in [-0.1, -0.05) is 31.1 Å². The highest BCUT2D eigenvalue weighted by Gasteiger charge is 2.36. The number of benzene rings is 1. The third-order valence-electron chi connectivity index (χ3n) is 4.45. The number of nitrogens with zero attached hydrogens (tertiary/aromatic N) is 2. The number of likely N-dealkylation sites (tertiary alicyclic amines) is 1. The number of urea groups is 1. The van der Waals surface area contributed by atoms with Gasteiger partial charge in [0.2, 0.25) is 0 Å². The second-order valence-corrected chi connectivity index (χ2v) is 6.63. The van der Waals surface area contributed by atoms with Gasteiger partial charge in [-0.15, -0.1) is 0 Å². The smallest absolute Gasteiger partial charge is 0.359 e. The predicted molar refractivity (Wildman–Crippen MR) is 89.7 cm³/mol. The molecule has 5 nitrogen and oxygen atoms in total. The Hall–Kier alpha value is -2.51. The number of anilines is 1. The molecule has 0 spiro atoms. The molecule has 140 valence electrons. The van der Waals surface area contributed by atoms with E-state index in [0.29, 0.717) is 18.7 Å². The van der Waals surface area contributed by atoms with E-state index >= 15 is 0 Å². The molecular formula is C18H20F3N3O2. The topological polar surface area (TPSA) is 58.4 Å². The van der Waals surface area contributed by atoms with Gasteiger partial charge in [-0.3, -0.25) is 0 Å². The Morgan fingerprint density at radius 2 is 2.08 bits per heavy atom. The summed E-state index contributed by atoms with van der Waals surface area (Å²) < 4.78 is 44.7. The van der Waals surface area contributed by atoms with Crippen molar-refractivity contribution in [2.24, 2.45) is 0 Å². The maximum Gasteiger partial charge on any atom is 0.418 e. The number of para-hydroxylation sites is 1. The molecule has 1 aliphatic rings. The summed E-state index contributed by atoms with van der Waals surface area (Å²) in [6.45, 7) is 4.41. The lowest BCUT2D eigenvalue weighted by Crippen LogP contribution is -2.34. The molecule has 1 aromatic carbocycles. The van der Waals surface area contributed by atoms with Crippen molar-refractivity contribution < 1.29 is 22.5 Å². The maximum atomic E-state index is 13.1. The molecule has 1 saturated heterocycles. The molecule has 3 rings (SSSR count). The van der Waals surface area contributed by atoms with Gasteiger partial charge in [0, 0.05) is 12.6 Å².